The predicted molar refractivity (Wildman–Crippen MR) is 61.5 cm³/mol. The highest BCUT2D eigenvalue weighted by Gasteiger charge is 2.08. The number of hydrogen-bond acceptors (Lipinski definition) is 3. The first-order valence-electron chi connectivity index (χ1n) is 4.36. The number of nitrogens with two attached hydrogens (primary N) is 1. The molecule has 0 unspecified atom stereocenters. The Labute approximate surface area is 89.3 Å². The van der Waals surface area contributed by atoms with Crippen LogP contribution in [-0.4, -0.2) is 4.57 Å². The SMILES string of the molecule is C/C=C\n1c(=O)sc2cc(F)c(N)cc21. The van der Waals surface area contributed by atoms with Crippen LogP contribution in [0.5, 0.6) is 0 Å². The monoisotopic (exact) mass is 224 g/mol. The van der Waals surface area contributed by atoms with Crippen molar-refractivity contribution in [2.24, 2.45) is 0 Å². The Bertz CT molecular complexity index is 597. The van der Waals surface area contributed by atoms with Crippen molar-refractivity contribution < 1.29 is 4.39 Å². The van der Waals surface area contributed by atoms with Crippen LogP contribution >= 0.6 is 11.3 Å². The van der Waals surface area contributed by atoms with Crippen molar-refractivity contribution in [2.45, 2.75) is 6.92 Å². The zero-order valence-electron chi connectivity index (χ0n) is 8.03. The van der Waals surface area contributed by atoms with Gasteiger partial charge in [0.25, 0.3) is 0 Å². The van der Waals surface area contributed by atoms with E-state index in [0.29, 0.717) is 10.2 Å². The Hall–Kier alpha value is -1.62. The summed E-state index contributed by atoms with van der Waals surface area (Å²) < 4.78 is 15.2. The molecule has 1 heterocycles. The zero-order chi connectivity index (χ0) is 11.0. The molecule has 5 heteroatoms. The van der Waals surface area contributed by atoms with Gasteiger partial charge in [-0.15, -0.1) is 0 Å². The summed E-state index contributed by atoms with van der Waals surface area (Å²) in [5.41, 5.74) is 6.15. The van der Waals surface area contributed by atoms with E-state index >= 15 is 0 Å². The molecule has 0 aliphatic rings. The maximum atomic E-state index is 13.1. The smallest absolute Gasteiger partial charge is 0.312 e. The highest BCUT2D eigenvalue weighted by atomic mass is 32.1. The Balaban J connectivity index is 2.87. The van der Waals surface area contributed by atoms with E-state index in [4.69, 9.17) is 5.73 Å². The number of fused-ring (bicyclic) bond motifs is 1. The summed E-state index contributed by atoms with van der Waals surface area (Å²) in [6.45, 7) is 1.81. The van der Waals surface area contributed by atoms with Crippen LogP contribution in [0, 0.1) is 5.82 Å². The number of hydrogen-bond donors (Lipinski definition) is 1. The van der Waals surface area contributed by atoms with Gasteiger partial charge in [0, 0.05) is 6.20 Å². The molecular weight excluding hydrogens is 215 g/mol. The number of halogens is 1. The molecule has 78 valence electrons. The van der Waals surface area contributed by atoms with Crippen LogP contribution in [0.4, 0.5) is 10.1 Å². The van der Waals surface area contributed by atoms with Crippen molar-refractivity contribution in [1.29, 1.82) is 0 Å². The fourth-order valence-corrected chi connectivity index (χ4v) is 2.23. The molecule has 1 aromatic carbocycles. The topological polar surface area (TPSA) is 48.0 Å². The number of rotatable bonds is 1. The number of anilines is 1. The van der Waals surface area contributed by atoms with Crippen LogP contribution < -0.4 is 10.6 Å². The van der Waals surface area contributed by atoms with Gasteiger partial charge in [-0.1, -0.05) is 17.4 Å². The first-order valence-corrected chi connectivity index (χ1v) is 5.18. The lowest BCUT2D eigenvalue weighted by molar-refractivity contribution is 0.634. The molecule has 0 saturated heterocycles. The fraction of sp³-hybridized carbons (Fsp3) is 0.100. The maximum Gasteiger partial charge on any atom is 0.312 e. The minimum atomic E-state index is -0.489. The molecule has 0 bridgehead atoms. The molecule has 0 aliphatic heterocycles. The van der Waals surface area contributed by atoms with Crippen LogP contribution in [0.3, 0.4) is 0 Å². The molecule has 0 fully saturated rings. The van der Waals surface area contributed by atoms with Gasteiger partial charge in [0.1, 0.15) is 5.82 Å². The Kier molecular flexibility index (Phi) is 2.32. The van der Waals surface area contributed by atoms with E-state index in [1.54, 1.807) is 12.3 Å². The molecule has 0 saturated carbocycles. The van der Waals surface area contributed by atoms with Crippen molar-refractivity contribution in [2.75, 3.05) is 5.73 Å². The number of allylic oxidation sites excluding steroid dienone is 1. The van der Waals surface area contributed by atoms with E-state index in [-0.39, 0.29) is 10.6 Å². The molecule has 0 atom stereocenters. The minimum absolute atomic E-state index is 0.0542. The summed E-state index contributed by atoms with van der Waals surface area (Å²) in [5.74, 6) is -0.489. The summed E-state index contributed by atoms with van der Waals surface area (Å²) in [6, 6.07) is 2.76. The van der Waals surface area contributed by atoms with Crippen LogP contribution in [0.2, 0.25) is 0 Å². The van der Waals surface area contributed by atoms with Gasteiger partial charge in [-0.25, -0.2) is 4.39 Å². The van der Waals surface area contributed by atoms with Gasteiger partial charge in [0.05, 0.1) is 15.9 Å². The highest BCUT2D eigenvalue weighted by molar-refractivity contribution is 7.16. The van der Waals surface area contributed by atoms with Crippen molar-refractivity contribution in [3.63, 3.8) is 0 Å². The normalized spacial score (nSPS) is 11.6. The van der Waals surface area contributed by atoms with Gasteiger partial charge < -0.3 is 5.73 Å². The molecule has 2 aromatic rings. The molecule has 3 nitrogen and oxygen atoms in total. The molecular formula is C10H9FN2OS. The summed E-state index contributed by atoms with van der Waals surface area (Å²) in [7, 11) is 0. The zero-order valence-corrected chi connectivity index (χ0v) is 8.84. The standard InChI is InChI=1S/C10H9FN2OS/c1-2-3-13-8-5-7(12)6(11)4-9(8)15-10(13)14/h2-5H,12H2,1H3/b3-2-. The summed E-state index contributed by atoms with van der Waals surface area (Å²) in [6.07, 6.45) is 3.38. The largest absolute Gasteiger partial charge is 0.396 e. The van der Waals surface area contributed by atoms with Gasteiger partial charge in [-0.2, -0.15) is 0 Å². The minimum Gasteiger partial charge on any atom is -0.396 e. The molecule has 1 aromatic heterocycles. The third-order valence-electron chi connectivity index (χ3n) is 2.03. The van der Waals surface area contributed by atoms with Gasteiger partial charge in [0.2, 0.25) is 0 Å². The molecule has 0 radical (unpaired) electrons. The highest BCUT2D eigenvalue weighted by Crippen LogP contribution is 2.23. The van der Waals surface area contributed by atoms with E-state index in [2.05, 4.69) is 0 Å². The van der Waals surface area contributed by atoms with Gasteiger partial charge in [0.15, 0.2) is 0 Å². The van der Waals surface area contributed by atoms with E-state index in [1.807, 2.05) is 6.92 Å². The molecule has 2 N–H and O–H groups in total. The first kappa shape index (κ1) is 9.92. The summed E-state index contributed by atoms with van der Waals surface area (Å²) >= 11 is 1.00. The number of aromatic nitrogens is 1. The lowest BCUT2D eigenvalue weighted by Gasteiger charge is -1.98. The molecule has 0 aliphatic carbocycles. The average molecular weight is 224 g/mol. The molecule has 2 rings (SSSR count). The van der Waals surface area contributed by atoms with Gasteiger partial charge >= 0.3 is 4.87 Å². The Morgan fingerprint density at radius 3 is 2.93 bits per heavy atom. The summed E-state index contributed by atoms with van der Waals surface area (Å²) in [4.78, 5) is 11.4. The second-order valence-corrected chi connectivity index (χ2v) is 4.06. The number of thiazole rings is 1. The van der Waals surface area contributed by atoms with E-state index in [0.717, 1.165) is 11.3 Å². The van der Waals surface area contributed by atoms with Crippen molar-refractivity contribution in [1.82, 2.24) is 4.57 Å². The second kappa shape index (κ2) is 3.51. The molecule has 0 spiro atoms. The molecule has 0 amide bonds. The van der Waals surface area contributed by atoms with E-state index < -0.39 is 5.82 Å². The maximum absolute atomic E-state index is 13.1. The van der Waals surface area contributed by atoms with Gasteiger partial charge in [-0.3, -0.25) is 9.36 Å². The fourth-order valence-electron chi connectivity index (χ4n) is 1.36. The van der Waals surface area contributed by atoms with E-state index in [9.17, 15) is 9.18 Å². The quantitative estimate of drug-likeness (QED) is 0.755. The van der Waals surface area contributed by atoms with Crippen LogP contribution in [0.25, 0.3) is 16.4 Å². The van der Waals surface area contributed by atoms with Crippen LogP contribution in [0.1, 0.15) is 6.92 Å². The van der Waals surface area contributed by atoms with Crippen LogP contribution in [-0.2, 0) is 0 Å². The lowest BCUT2D eigenvalue weighted by Crippen LogP contribution is -2.05. The van der Waals surface area contributed by atoms with Crippen molar-refractivity contribution in [3.05, 3.63) is 33.7 Å². The lowest BCUT2D eigenvalue weighted by atomic mass is 10.3. The number of benzene rings is 1. The van der Waals surface area contributed by atoms with E-state index in [1.165, 1.54) is 16.7 Å². The van der Waals surface area contributed by atoms with Crippen molar-refractivity contribution in [3.8, 4) is 0 Å². The predicted octanol–water partition coefficient (Wildman–Crippen LogP) is 2.27. The average Bonchev–Trinajstić information content (AvgIpc) is 2.46. The summed E-state index contributed by atoms with van der Waals surface area (Å²) in [5, 5.41) is 0. The van der Waals surface area contributed by atoms with Crippen molar-refractivity contribution >= 4 is 33.4 Å². The third-order valence-corrected chi connectivity index (χ3v) is 2.95. The third kappa shape index (κ3) is 1.55. The second-order valence-electron chi connectivity index (χ2n) is 3.06. The van der Waals surface area contributed by atoms with Crippen LogP contribution in [0.15, 0.2) is 23.0 Å². The molecule has 15 heavy (non-hydrogen) atoms. The Morgan fingerprint density at radius 1 is 1.53 bits per heavy atom. The number of nitrogen functional groups attached to an aromatic ring is 1. The number of nitrogens with zero attached hydrogens (tertiary/aromatic N) is 1. The van der Waals surface area contributed by atoms with Gasteiger partial charge in [-0.05, 0) is 19.1 Å². The Morgan fingerprint density at radius 2 is 2.27 bits per heavy atom. The first-order chi connectivity index (χ1) is 7.13.